The predicted octanol–water partition coefficient (Wildman–Crippen LogP) is 1.97. The van der Waals surface area contributed by atoms with E-state index in [1.165, 1.54) is 6.42 Å². The molecular weight excluding hydrogens is 184 g/mol. The highest BCUT2D eigenvalue weighted by Gasteiger charge is 2.10. The minimum atomic E-state index is 0.595. The molecule has 0 radical (unpaired) electrons. The molecule has 0 fully saturated rings. The van der Waals surface area contributed by atoms with Gasteiger partial charge in [-0.15, -0.1) is 12.3 Å². The van der Waals surface area contributed by atoms with Gasteiger partial charge in [-0.1, -0.05) is 13.8 Å². The molecule has 0 aliphatic rings. The maximum Gasteiger partial charge on any atom is 0.0197 e. The van der Waals surface area contributed by atoms with Crippen molar-refractivity contribution in [2.24, 2.45) is 5.92 Å². The molecule has 1 N–H and O–H groups in total. The van der Waals surface area contributed by atoms with Crippen LogP contribution in [0.5, 0.6) is 0 Å². The van der Waals surface area contributed by atoms with Crippen molar-refractivity contribution in [3.05, 3.63) is 0 Å². The molecule has 0 saturated carbocycles. The van der Waals surface area contributed by atoms with Crippen molar-refractivity contribution >= 4 is 0 Å². The molecule has 2 nitrogen and oxygen atoms in total. The minimum absolute atomic E-state index is 0.595. The second-order valence-electron chi connectivity index (χ2n) is 4.85. The van der Waals surface area contributed by atoms with Gasteiger partial charge in [0.1, 0.15) is 0 Å². The van der Waals surface area contributed by atoms with E-state index in [1.807, 2.05) is 0 Å². The first-order chi connectivity index (χ1) is 7.06. The molecule has 0 bridgehead atoms. The average Bonchev–Trinajstić information content (AvgIpc) is 2.10. The van der Waals surface area contributed by atoms with Gasteiger partial charge in [-0.3, -0.25) is 0 Å². The summed E-state index contributed by atoms with van der Waals surface area (Å²) < 4.78 is 0. The largest absolute Gasteiger partial charge is 0.313 e. The van der Waals surface area contributed by atoms with Crippen LogP contribution >= 0.6 is 0 Å². The highest BCUT2D eigenvalue weighted by molar-refractivity contribution is 4.83. The first-order valence-corrected chi connectivity index (χ1v) is 5.87. The molecule has 0 aromatic rings. The third-order valence-corrected chi connectivity index (χ3v) is 2.27. The average molecular weight is 210 g/mol. The van der Waals surface area contributed by atoms with E-state index in [0.717, 1.165) is 31.8 Å². The first kappa shape index (κ1) is 14.5. The molecule has 0 aliphatic heterocycles. The summed E-state index contributed by atoms with van der Waals surface area (Å²) in [6, 6.07) is 0.595. The van der Waals surface area contributed by atoms with Crippen molar-refractivity contribution in [1.29, 1.82) is 0 Å². The second-order valence-corrected chi connectivity index (χ2v) is 4.85. The highest BCUT2D eigenvalue weighted by Crippen LogP contribution is 2.05. The van der Waals surface area contributed by atoms with Crippen LogP contribution in [0.4, 0.5) is 0 Å². The van der Waals surface area contributed by atoms with Crippen LogP contribution in [0.25, 0.3) is 0 Å². The molecule has 15 heavy (non-hydrogen) atoms. The van der Waals surface area contributed by atoms with Crippen LogP contribution in [0, 0.1) is 18.3 Å². The maximum atomic E-state index is 5.22. The van der Waals surface area contributed by atoms with E-state index in [2.05, 4.69) is 44.1 Å². The van der Waals surface area contributed by atoms with Crippen molar-refractivity contribution in [2.45, 2.75) is 39.2 Å². The smallest absolute Gasteiger partial charge is 0.0197 e. The van der Waals surface area contributed by atoms with E-state index in [0.29, 0.717) is 6.04 Å². The molecule has 0 aromatic carbocycles. The molecule has 0 spiro atoms. The Morgan fingerprint density at radius 1 is 1.33 bits per heavy atom. The standard InChI is InChI=1S/C13H26N2/c1-6-7-8-9-14-13(10-12(2)3)11-15(4)5/h1,12-14H,7-11H2,2-5H3. The number of hydrogen-bond acceptors (Lipinski definition) is 2. The van der Waals surface area contributed by atoms with Gasteiger partial charge in [0.05, 0.1) is 0 Å². The quantitative estimate of drug-likeness (QED) is 0.487. The summed E-state index contributed by atoms with van der Waals surface area (Å²) in [5, 5.41) is 3.58. The molecule has 0 heterocycles. The Morgan fingerprint density at radius 2 is 2.00 bits per heavy atom. The highest BCUT2D eigenvalue weighted by atomic mass is 15.1. The molecule has 0 aromatic heterocycles. The maximum absolute atomic E-state index is 5.22. The van der Waals surface area contributed by atoms with Crippen molar-refractivity contribution in [2.75, 3.05) is 27.2 Å². The van der Waals surface area contributed by atoms with Crippen LogP contribution < -0.4 is 5.32 Å². The lowest BCUT2D eigenvalue weighted by atomic mass is 10.0. The summed E-state index contributed by atoms with van der Waals surface area (Å²) in [5.74, 6) is 3.42. The second kappa shape index (κ2) is 8.76. The Hall–Kier alpha value is -0.520. The molecule has 0 aliphatic carbocycles. The number of rotatable bonds is 8. The number of nitrogens with one attached hydrogen (secondary N) is 1. The van der Waals surface area contributed by atoms with E-state index in [1.54, 1.807) is 0 Å². The van der Waals surface area contributed by atoms with Gasteiger partial charge in [-0.25, -0.2) is 0 Å². The fourth-order valence-corrected chi connectivity index (χ4v) is 1.73. The van der Waals surface area contributed by atoms with Gasteiger partial charge < -0.3 is 10.2 Å². The van der Waals surface area contributed by atoms with Crippen LogP contribution in [0.2, 0.25) is 0 Å². The van der Waals surface area contributed by atoms with Crippen LogP contribution in [0.1, 0.15) is 33.1 Å². The topological polar surface area (TPSA) is 15.3 Å². The summed E-state index contributed by atoms with van der Waals surface area (Å²) in [6.07, 6.45) is 8.41. The van der Waals surface area contributed by atoms with Gasteiger partial charge in [0.15, 0.2) is 0 Å². The van der Waals surface area contributed by atoms with Gasteiger partial charge in [-0.2, -0.15) is 0 Å². The monoisotopic (exact) mass is 210 g/mol. The molecular formula is C13H26N2. The van der Waals surface area contributed by atoms with Crippen molar-refractivity contribution in [3.63, 3.8) is 0 Å². The van der Waals surface area contributed by atoms with E-state index >= 15 is 0 Å². The van der Waals surface area contributed by atoms with Crippen LogP contribution in [0.15, 0.2) is 0 Å². The van der Waals surface area contributed by atoms with Crippen molar-refractivity contribution < 1.29 is 0 Å². The normalized spacial score (nSPS) is 13.1. The molecule has 1 atom stereocenters. The minimum Gasteiger partial charge on any atom is -0.313 e. The van der Waals surface area contributed by atoms with E-state index in [4.69, 9.17) is 6.42 Å². The van der Waals surface area contributed by atoms with Gasteiger partial charge in [0.25, 0.3) is 0 Å². The van der Waals surface area contributed by atoms with Gasteiger partial charge >= 0.3 is 0 Å². The Labute approximate surface area is 95.4 Å². The fraction of sp³-hybridized carbons (Fsp3) is 0.846. The Balaban J connectivity index is 3.75. The van der Waals surface area contributed by atoms with Crippen LogP contribution in [-0.4, -0.2) is 38.1 Å². The fourth-order valence-electron chi connectivity index (χ4n) is 1.73. The molecule has 88 valence electrons. The summed E-state index contributed by atoms with van der Waals surface area (Å²) in [5.41, 5.74) is 0. The summed E-state index contributed by atoms with van der Waals surface area (Å²) in [4.78, 5) is 2.24. The zero-order valence-electron chi connectivity index (χ0n) is 10.7. The molecule has 0 saturated heterocycles. The number of hydrogen-bond donors (Lipinski definition) is 1. The van der Waals surface area contributed by atoms with Crippen LogP contribution in [-0.2, 0) is 0 Å². The third kappa shape index (κ3) is 9.78. The van der Waals surface area contributed by atoms with Gasteiger partial charge in [-0.05, 0) is 39.4 Å². The van der Waals surface area contributed by atoms with E-state index in [9.17, 15) is 0 Å². The number of terminal acetylenes is 1. The molecule has 0 rings (SSSR count). The Kier molecular flexibility index (Phi) is 8.46. The Morgan fingerprint density at radius 3 is 2.47 bits per heavy atom. The SMILES string of the molecule is C#CCCCNC(CC(C)C)CN(C)C. The lowest BCUT2D eigenvalue weighted by Gasteiger charge is -2.23. The zero-order chi connectivity index (χ0) is 11.7. The number of likely N-dealkylation sites (N-methyl/N-ethyl adjacent to an activating group) is 1. The summed E-state index contributed by atoms with van der Waals surface area (Å²) in [7, 11) is 4.24. The number of nitrogens with zero attached hydrogens (tertiary/aromatic N) is 1. The van der Waals surface area contributed by atoms with Crippen molar-refractivity contribution in [3.8, 4) is 12.3 Å². The van der Waals surface area contributed by atoms with Crippen molar-refractivity contribution in [1.82, 2.24) is 10.2 Å². The van der Waals surface area contributed by atoms with E-state index in [-0.39, 0.29) is 0 Å². The lowest BCUT2D eigenvalue weighted by Crippen LogP contribution is -2.39. The third-order valence-electron chi connectivity index (χ3n) is 2.27. The predicted molar refractivity (Wildman–Crippen MR) is 67.9 cm³/mol. The van der Waals surface area contributed by atoms with Gasteiger partial charge in [0.2, 0.25) is 0 Å². The van der Waals surface area contributed by atoms with Crippen LogP contribution in [0.3, 0.4) is 0 Å². The molecule has 0 amide bonds. The number of unbranched alkanes of at least 4 members (excludes halogenated alkanes) is 1. The first-order valence-electron chi connectivity index (χ1n) is 5.87. The lowest BCUT2D eigenvalue weighted by molar-refractivity contribution is 0.306. The summed E-state index contributed by atoms with van der Waals surface area (Å²) >= 11 is 0. The summed E-state index contributed by atoms with van der Waals surface area (Å²) in [6.45, 7) is 6.68. The molecule has 2 heteroatoms. The van der Waals surface area contributed by atoms with Gasteiger partial charge in [0, 0.05) is 19.0 Å². The zero-order valence-corrected chi connectivity index (χ0v) is 10.7. The van der Waals surface area contributed by atoms with E-state index < -0.39 is 0 Å². The Bertz CT molecular complexity index is 169. The molecule has 1 unspecified atom stereocenters.